The summed E-state index contributed by atoms with van der Waals surface area (Å²) in [6, 6.07) is 11.6. The van der Waals surface area contributed by atoms with Crippen molar-refractivity contribution >= 4 is 39.1 Å². The number of halogens is 1. The maximum Gasteiger partial charge on any atom is 2.00 e. The summed E-state index contributed by atoms with van der Waals surface area (Å²) in [6.45, 7) is 2.92. The van der Waals surface area contributed by atoms with Crippen molar-refractivity contribution in [3.05, 3.63) is 115 Å². The van der Waals surface area contributed by atoms with Gasteiger partial charge in [0.05, 0.1) is 18.1 Å². The average Bonchev–Trinajstić information content (AvgIpc) is 3.58. The van der Waals surface area contributed by atoms with Crippen LogP contribution in [0.5, 0.6) is 5.75 Å². The fourth-order valence-electron chi connectivity index (χ4n) is 4.07. The van der Waals surface area contributed by atoms with Crippen LogP contribution in [0.15, 0.2) is 36.4 Å². The molecule has 0 bridgehead atoms. The molecule has 3 aromatic rings. The predicted molar refractivity (Wildman–Crippen MR) is 151 cm³/mol. The minimum absolute atomic E-state index is 0. The average molecular weight is 555 g/mol. The van der Waals surface area contributed by atoms with Gasteiger partial charge in [-0.05, 0) is 118 Å². The van der Waals surface area contributed by atoms with E-state index in [2.05, 4.69) is 38.3 Å². The molecule has 0 spiro atoms. The third kappa shape index (κ3) is 8.46. The van der Waals surface area contributed by atoms with Gasteiger partial charge in [0.15, 0.2) is 0 Å². The van der Waals surface area contributed by atoms with E-state index in [1.165, 1.54) is 11.8 Å². The van der Waals surface area contributed by atoms with Gasteiger partial charge in [0, 0.05) is 11.6 Å². The Labute approximate surface area is 238 Å². The zero-order chi connectivity index (χ0) is 25.3. The number of fused-ring (bicyclic) bond motifs is 2. The number of rotatable bonds is 9. The summed E-state index contributed by atoms with van der Waals surface area (Å²) >= 11 is 6.20. The number of aromatic nitrogens is 1. The van der Waals surface area contributed by atoms with E-state index in [4.69, 9.17) is 32.0 Å². The molecule has 1 heterocycles. The Hall–Kier alpha value is -1.56. The molecule has 0 amide bonds. The molecule has 2 aliphatic rings. The van der Waals surface area contributed by atoms with E-state index < -0.39 is 0 Å². The normalized spacial score (nSPS) is 16.1. The van der Waals surface area contributed by atoms with Crippen LogP contribution >= 0.6 is 11.6 Å². The van der Waals surface area contributed by atoms with Crippen molar-refractivity contribution in [1.82, 2.24) is 9.88 Å². The van der Waals surface area contributed by atoms with Gasteiger partial charge in [0.2, 0.25) is 0 Å². The fourth-order valence-corrected chi connectivity index (χ4v) is 4.23. The van der Waals surface area contributed by atoms with Gasteiger partial charge < -0.3 is 20.3 Å². The van der Waals surface area contributed by atoms with Gasteiger partial charge in [-0.15, -0.1) is 12.2 Å². The SMILES string of the molecule is COc1ccc2nc3cc(Cl)ccc3c([N-]CC[N-]C[C]3[CH][CH][CH][C]3CN(C)C)c2c1.[CH]1[CH][CH][CH][CH]1.[Fe+2]. The van der Waals surface area contributed by atoms with Crippen LogP contribution in [0.1, 0.15) is 0 Å². The van der Waals surface area contributed by atoms with Crippen molar-refractivity contribution in [2.75, 3.05) is 47.4 Å². The van der Waals surface area contributed by atoms with Crippen LogP contribution in [-0.4, -0.2) is 57.3 Å². The molecule has 10 radical (unpaired) electrons. The first kappa shape index (κ1) is 30.0. The van der Waals surface area contributed by atoms with E-state index in [0.29, 0.717) is 24.7 Å². The molecular weight excluding hydrogens is 524 g/mol. The predicted octanol–water partition coefficient (Wildman–Crippen LogP) is 6.78. The maximum atomic E-state index is 6.20. The fraction of sp³-hybridized carbons (Fsp3) is 0.233. The van der Waals surface area contributed by atoms with E-state index in [1.54, 1.807) is 7.11 Å². The molecule has 37 heavy (non-hydrogen) atoms. The molecule has 0 unspecified atom stereocenters. The second-order valence-electron chi connectivity index (χ2n) is 8.77. The summed E-state index contributed by atoms with van der Waals surface area (Å²) in [5, 5.41) is 12.3. The van der Waals surface area contributed by atoms with Crippen LogP contribution in [0.4, 0.5) is 5.69 Å². The summed E-state index contributed by atoms with van der Waals surface area (Å²) in [5.41, 5.74) is 2.62. The molecule has 5 rings (SSSR count). The minimum atomic E-state index is 0. The number of nitrogens with zero attached hydrogens (tertiary/aromatic N) is 4. The van der Waals surface area contributed by atoms with Crippen LogP contribution in [0, 0.1) is 63.2 Å². The van der Waals surface area contributed by atoms with Crippen molar-refractivity contribution in [3.8, 4) is 5.75 Å². The van der Waals surface area contributed by atoms with Gasteiger partial charge in [0.1, 0.15) is 5.75 Å². The third-order valence-corrected chi connectivity index (χ3v) is 6.01. The van der Waals surface area contributed by atoms with Crippen LogP contribution < -0.4 is 4.74 Å². The van der Waals surface area contributed by atoms with Crippen LogP contribution in [0.3, 0.4) is 0 Å². The summed E-state index contributed by atoms with van der Waals surface area (Å²) in [6.07, 6.45) is 16.4. The Morgan fingerprint density at radius 2 is 1.57 bits per heavy atom. The molecule has 5 nitrogen and oxygen atoms in total. The Morgan fingerprint density at radius 1 is 0.838 bits per heavy atom. The van der Waals surface area contributed by atoms with Crippen LogP contribution in [-0.2, 0) is 17.1 Å². The molecule has 2 aromatic carbocycles. The summed E-state index contributed by atoms with van der Waals surface area (Å²) in [7, 11) is 5.83. The zero-order valence-corrected chi connectivity index (χ0v) is 23.2. The number of hydrogen-bond donors (Lipinski definition) is 0. The third-order valence-electron chi connectivity index (χ3n) is 5.77. The molecule has 0 saturated heterocycles. The first-order valence-corrected chi connectivity index (χ1v) is 12.4. The van der Waals surface area contributed by atoms with Gasteiger partial charge in [-0.1, -0.05) is 17.7 Å². The molecule has 2 saturated carbocycles. The summed E-state index contributed by atoms with van der Waals surface area (Å²) < 4.78 is 5.42. The van der Waals surface area contributed by atoms with E-state index in [0.717, 1.165) is 39.8 Å². The molecule has 192 valence electrons. The maximum absolute atomic E-state index is 6.20. The molecule has 0 aliphatic heterocycles. The smallest absolute Gasteiger partial charge is 0.685 e. The molecule has 7 heteroatoms. The summed E-state index contributed by atoms with van der Waals surface area (Å²) in [5.74, 6) is 3.40. The van der Waals surface area contributed by atoms with Crippen LogP contribution in [0.2, 0.25) is 5.02 Å². The van der Waals surface area contributed by atoms with Gasteiger partial charge in [0.25, 0.3) is 0 Å². The Morgan fingerprint density at radius 3 is 2.27 bits per heavy atom. The van der Waals surface area contributed by atoms with Gasteiger partial charge >= 0.3 is 17.1 Å². The van der Waals surface area contributed by atoms with E-state index in [-0.39, 0.29) is 17.1 Å². The second-order valence-corrected chi connectivity index (χ2v) is 9.20. The first-order chi connectivity index (χ1) is 17.5. The second kappa shape index (κ2) is 15.1. The minimum Gasteiger partial charge on any atom is -0.685 e. The standard InChI is InChI=1S/C25H26ClN4O.C5H5.Fe/c1-30(2)16-18-6-4-5-17(18)15-27-11-12-28-25-21-9-7-19(26)13-24(21)29-23-10-8-20(31-3)14-22(23)25;1-2-4-5-3-1;/h4-10,13-14H,11-12,15-16H2,1-3H3;1-5H;/q-2;;+2. The van der Waals surface area contributed by atoms with Crippen molar-refractivity contribution in [1.29, 1.82) is 0 Å². The number of benzene rings is 2. The summed E-state index contributed by atoms with van der Waals surface area (Å²) in [4.78, 5) is 6.93. The monoisotopic (exact) mass is 554 g/mol. The van der Waals surface area contributed by atoms with Crippen molar-refractivity contribution < 1.29 is 21.8 Å². The van der Waals surface area contributed by atoms with Crippen molar-refractivity contribution in [2.45, 2.75) is 0 Å². The van der Waals surface area contributed by atoms with E-state index in [9.17, 15) is 0 Å². The number of methoxy groups -OCH3 is 1. The topological polar surface area (TPSA) is 53.6 Å². The molecule has 0 atom stereocenters. The number of hydrogen-bond acceptors (Lipinski definition) is 3. The quantitative estimate of drug-likeness (QED) is 0.166. The molecular formula is C30H31ClFeN4O. The number of ether oxygens (including phenoxy) is 1. The molecule has 0 N–H and O–H groups in total. The van der Waals surface area contributed by atoms with Crippen LogP contribution in [0.25, 0.3) is 32.4 Å². The molecule has 1 aromatic heterocycles. The molecule has 2 aliphatic carbocycles. The Bertz CT molecular complexity index is 1110. The largest absolute Gasteiger partial charge is 2.00 e. The van der Waals surface area contributed by atoms with Gasteiger partial charge in [-0.25, -0.2) is 4.98 Å². The first-order valence-electron chi connectivity index (χ1n) is 12.0. The Balaban J connectivity index is 0.000000568. The van der Waals surface area contributed by atoms with Gasteiger partial charge in [-0.3, -0.25) is 0 Å². The number of pyridine rings is 1. The molecule has 2 fully saturated rings. The Kier molecular flexibility index (Phi) is 12.3. The van der Waals surface area contributed by atoms with Gasteiger partial charge in [-0.2, -0.15) is 13.1 Å². The van der Waals surface area contributed by atoms with Crippen molar-refractivity contribution in [2.24, 2.45) is 0 Å². The zero-order valence-electron chi connectivity index (χ0n) is 21.3. The van der Waals surface area contributed by atoms with Crippen molar-refractivity contribution in [3.63, 3.8) is 0 Å². The van der Waals surface area contributed by atoms with E-state index in [1.807, 2.05) is 68.5 Å². The van der Waals surface area contributed by atoms with E-state index >= 15 is 0 Å².